The summed E-state index contributed by atoms with van der Waals surface area (Å²) in [4.78, 5) is 4.15. The molecule has 2 N–H and O–H groups in total. The zero-order valence-corrected chi connectivity index (χ0v) is 16.4. The van der Waals surface area contributed by atoms with Gasteiger partial charge >= 0.3 is 6.61 Å². The molecule has 2 rings (SSSR count). The number of guanidine groups is 1. The summed E-state index contributed by atoms with van der Waals surface area (Å²) in [7, 11) is 3.08. The minimum atomic E-state index is -2.91. The van der Waals surface area contributed by atoms with Crippen LogP contribution in [0.2, 0.25) is 0 Å². The first kappa shape index (κ1) is 22.2. The van der Waals surface area contributed by atoms with Crippen LogP contribution in [0.15, 0.2) is 23.2 Å². The number of aliphatic imine (C=N–C) groups is 1. The third-order valence-electron chi connectivity index (χ3n) is 4.26. The number of benzene rings is 1. The van der Waals surface area contributed by atoms with Crippen molar-refractivity contribution >= 4 is 5.96 Å². The molecule has 158 valence electrons. The van der Waals surface area contributed by atoms with Gasteiger partial charge in [0.15, 0.2) is 17.5 Å². The van der Waals surface area contributed by atoms with Gasteiger partial charge in [-0.25, -0.2) is 0 Å². The van der Waals surface area contributed by atoms with E-state index < -0.39 is 6.61 Å². The molecule has 1 unspecified atom stereocenters. The molecule has 1 aliphatic rings. The number of nitrogens with zero attached hydrogens (tertiary/aromatic N) is 1. The predicted molar refractivity (Wildman–Crippen MR) is 102 cm³/mol. The third-order valence-corrected chi connectivity index (χ3v) is 4.26. The van der Waals surface area contributed by atoms with Gasteiger partial charge in [-0.1, -0.05) is 6.07 Å². The van der Waals surface area contributed by atoms with E-state index in [0.29, 0.717) is 31.6 Å². The Morgan fingerprint density at radius 1 is 1.32 bits per heavy atom. The van der Waals surface area contributed by atoms with Crippen LogP contribution in [0.25, 0.3) is 0 Å². The van der Waals surface area contributed by atoms with Gasteiger partial charge < -0.3 is 29.6 Å². The standard InChI is InChI=1S/C19H29F2N3O4/c1-22-19(23-7-3-8-26-12-15-6-9-27-13-15)24-11-14-4-5-16(25-2)17(10-14)28-18(20)21/h4-5,10,15,18H,3,6-9,11-13H2,1-2H3,(H2,22,23,24). The summed E-state index contributed by atoms with van der Waals surface area (Å²) in [5, 5.41) is 6.33. The highest BCUT2D eigenvalue weighted by atomic mass is 19.3. The number of alkyl halides is 2. The van der Waals surface area contributed by atoms with Crippen molar-refractivity contribution in [2.45, 2.75) is 26.0 Å². The molecule has 0 amide bonds. The Balaban J connectivity index is 1.68. The van der Waals surface area contributed by atoms with E-state index in [1.807, 2.05) is 0 Å². The Morgan fingerprint density at radius 2 is 2.18 bits per heavy atom. The van der Waals surface area contributed by atoms with Crippen molar-refractivity contribution in [2.75, 3.05) is 47.1 Å². The van der Waals surface area contributed by atoms with Crippen LogP contribution in [0.4, 0.5) is 8.78 Å². The van der Waals surface area contributed by atoms with Crippen molar-refractivity contribution in [3.05, 3.63) is 23.8 Å². The summed E-state index contributed by atoms with van der Waals surface area (Å²) in [6, 6.07) is 4.89. The maximum absolute atomic E-state index is 12.5. The molecule has 1 aromatic rings. The van der Waals surface area contributed by atoms with E-state index in [-0.39, 0.29) is 11.5 Å². The maximum atomic E-state index is 12.5. The molecule has 1 aromatic carbocycles. The first-order chi connectivity index (χ1) is 13.6. The maximum Gasteiger partial charge on any atom is 0.387 e. The number of hydrogen-bond acceptors (Lipinski definition) is 5. The molecule has 0 spiro atoms. The molecule has 1 saturated heterocycles. The molecule has 1 aliphatic heterocycles. The average Bonchev–Trinajstić information content (AvgIpc) is 3.20. The van der Waals surface area contributed by atoms with E-state index in [4.69, 9.17) is 14.2 Å². The van der Waals surface area contributed by atoms with Crippen LogP contribution in [0.1, 0.15) is 18.4 Å². The average molecular weight is 401 g/mol. The van der Waals surface area contributed by atoms with Gasteiger partial charge in [0.2, 0.25) is 0 Å². The van der Waals surface area contributed by atoms with E-state index in [1.54, 1.807) is 19.2 Å². The molecule has 0 aromatic heterocycles. The Morgan fingerprint density at radius 3 is 2.86 bits per heavy atom. The molecular formula is C19H29F2N3O4. The lowest BCUT2D eigenvalue weighted by Crippen LogP contribution is -2.37. The Kier molecular flexibility index (Phi) is 9.78. The summed E-state index contributed by atoms with van der Waals surface area (Å²) in [5.74, 6) is 1.41. The Hall–Kier alpha value is -2.13. The minimum absolute atomic E-state index is 0.00422. The van der Waals surface area contributed by atoms with E-state index in [0.717, 1.165) is 38.2 Å². The van der Waals surface area contributed by atoms with E-state index >= 15 is 0 Å². The fourth-order valence-electron chi connectivity index (χ4n) is 2.77. The molecule has 1 heterocycles. The largest absolute Gasteiger partial charge is 0.493 e. The Labute approximate surface area is 164 Å². The number of nitrogens with one attached hydrogen (secondary N) is 2. The molecule has 7 nitrogen and oxygen atoms in total. The summed E-state index contributed by atoms with van der Waals surface area (Å²) in [6.07, 6.45) is 1.92. The third kappa shape index (κ3) is 7.85. The summed E-state index contributed by atoms with van der Waals surface area (Å²) < 4.78 is 45.5. The van der Waals surface area contributed by atoms with Crippen molar-refractivity contribution in [3.8, 4) is 11.5 Å². The summed E-state index contributed by atoms with van der Waals surface area (Å²) >= 11 is 0. The van der Waals surface area contributed by atoms with Gasteiger partial charge in [-0.2, -0.15) is 8.78 Å². The number of rotatable bonds is 11. The highest BCUT2D eigenvalue weighted by molar-refractivity contribution is 5.79. The van der Waals surface area contributed by atoms with Crippen molar-refractivity contribution in [2.24, 2.45) is 10.9 Å². The SMILES string of the molecule is CN=C(NCCCOCC1CCOC1)NCc1ccc(OC)c(OC(F)F)c1. The predicted octanol–water partition coefficient (Wildman–Crippen LogP) is 2.40. The lowest BCUT2D eigenvalue weighted by molar-refractivity contribution is -0.0512. The monoisotopic (exact) mass is 401 g/mol. The van der Waals surface area contributed by atoms with Crippen LogP contribution in [0, 0.1) is 5.92 Å². The minimum Gasteiger partial charge on any atom is -0.493 e. The van der Waals surface area contributed by atoms with Crippen LogP contribution >= 0.6 is 0 Å². The van der Waals surface area contributed by atoms with Crippen molar-refractivity contribution in [1.82, 2.24) is 10.6 Å². The second-order valence-corrected chi connectivity index (χ2v) is 6.37. The molecule has 0 radical (unpaired) electrons. The molecular weight excluding hydrogens is 372 g/mol. The molecule has 1 fully saturated rings. The number of ether oxygens (including phenoxy) is 4. The van der Waals surface area contributed by atoms with E-state index in [9.17, 15) is 8.78 Å². The van der Waals surface area contributed by atoms with Gasteiger partial charge in [0, 0.05) is 39.3 Å². The zero-order chi connectivity index (χ0) is 20.2. The highest BCUT2D eigenvalue weighted by Gasteiger charge is 2.15. The Bertz CT molecular complexity index is 611. The van der Waals surface area contributed by atoms with Crippen LogP contribution in [0.3, 0.4) is 0 Å². The first-order valence-corrected chi connectivity index (χ1v) is 9.34. The molecule has 9 heteroatoms. The number of halogens is 2. The summed E-state index contributed by atoms with van der Waals surface area (Å²) in [6.45, 7) is 1.26. The molecule has 1 atom stereocenters. The van der Waals surface area contributed by atoms with Crippen LogP contribution in [0.5, 0.6) is 11.5 Å². The van der Waals surface area contributed by atoms with Crippen LogP contribution in [-0.2, 0) is 16.0 Å². The highest BCUT2D eigenvalue weighted by Crippen LogP contribution is 2.29. The first-order valence-electron chi connectivity index (χ1n) is 9.34. The second kappa shape index (κ2) is 12.4. The fraction of sp³-hybridized carbons (Fsp3) is 0.632. The van der Waals surface area contributed by atoms with Gasteiger partial charge in [0.25, 0.3) is 0 Å². The molecule has 0 bridgehead atoms. The van der Waals surface area contributed by atoms with Gasteiger partial charge in [-0.3, -0.25) is 4.99 Å². The zero-order valence-electron chi connectivity index (χ0n) is 16.4. The fourth-order valence-corrected chi connectivity index (χ4v) is 2.77. The van der Waals surface area contributed by atoms with Crippen molar-refractivity contribution in [3.63, 3.8) is 0 Å². The topological polar surface area (TPSA) is 73.3 Å². The number of hydrogen-bond donors (Lipinski definition) is 2. The quantitative estimate of drug-likeness (QED) is 0.337. The van der Waals surface area contributed by atoms with Gasteiger partial charge in [-0.05, 0) is 30.5 Å². The van der Waals surface area contributed by atoms with E-state index in [1.165, 1.54) is 13.2 Å². The van der Waals surface area contributed by atoms with Crippen molar-refractivity contribution < 1.29 is 27.7 Å². The normalized spacial score (nSPS) is 17.0. The van der Waals surface area contributed by atoms with Crippen molar-refractivity contribution in [1.29, 1.82) is 0 Å². The van der Waals surface area contributed by atoms with E-state index in [2.05, 4.69) is 20.4 Å². The van der Waals surface area contributed by atoms with Crippen LogP contribution < -0.4 is 20.1 Å². The lowest BCUT2D eigenvalue weighted by Gasteiger charge is -2.14. The molecule has 28 heavy (non-hydrogen) atoms. The van der Waals surface area contributed by atoms with Gasteiger partial charge in [0.1, 0.15) is 0 Å². The smallest absolute Gasteiger partial charge is 0.387 e. The summed E-state index contributed by atoms with van der Waals surface area (Å²) in [5.41, 5.74) is 0.765. The van der Waals surface area contributed by atoms with Crippen LogP contribution in [-0.4, -0.2) is 59.7 Å². The molecule has 0 aliphatic carbocycles. The van der Waals surface area contributed by atoms with Gasteiger partial charge in [0.05, 0.1) is 20.3 Å². The lowest BCUT2D eigenvalue weighted by atomic mass is 10.1. The molecule has 0 saturated carbocycles. The van der Waals surface area contributed by atoms with Gasteiger partial charge in [-0.15, -0.1) is 0 Å². The second-order valence-electron chi connectivity index (χ2n) is 6.37. The number of methoxy groups -OCH3 is 1.